The first kappa shape index (κ1) is 25.6. The van der Waals surface area contributed by atoms with Crippen molar-refractivity contribution in [2.45, 2.75) is 19.9 Å². The molecule has 0 aliphatic carbocycles. The zero-order valence-corrected chi connectivity index (χ0v) is 22.4. The molecule has 1 unspecified atom stereocenters. The number of aromatic nitrogens is 6. The number of nitrogens with one attached hydrogen (secondary N) is 1. The number of fused-ring (bicyclic) bond motifs is 2. The Morgan fingerprint density at radius 1 is 0.927 bits per heavy atom. The van der Waals surface area contributed by atoms with Crippen molar-refractivity contribution in [1.82, 2.24) is 29.5 Å². The number of hydrogen-bond donors (Lipinski definition) is 2. The maximum absolute atomic E-state index is 14.5. The summed E-state index contributed by atoms with van der Waals surface area (Å²) < 4.78 is 1.64. The van der Waals surface area contributed by atoms with Crippen LogP contribution in [-0.4, -0.2) is 29.5 Å². The Kier molecular flexibility index (Phi) is 6.53. The van der Waals surface area contributed by atoms with E-state index in [0.29, 0.717) is 55.8 Å². The van der Waals surface area contributed by atoms with Gasteiger partial charge in [-0.2, -0.15) is 5.26 Å². The highest BCUT2D eigenvalue weighted by atomic mass is 16.1. The van der Waals surface area contributed by atoms with Crippen LogP contribution < -0.4 is 16.6 Å². The van der Waals surface area contributed by atoms with Crippen LogP contribution >= 0.6 is 0 Å². The molecule has 0 spiro atoms. The van der Waals surface area contributed by atoms with E-state index in [9.17, 15) is 10.1 Å². The maximum atomic E-state index is 14.5. The Morgan fingerprint density at radius 2 is 1.71 bits per heavy atom. The quantitative estimate of drug-likeness (QED) is 0.296. The van der Waals surface area contributed by atoms with E-state index in [2.05, 4.69) is 45.2 Å². The summed E-state index contributed by atoms with van der Waals surface area (Å²) in [4.78, 5) is 36.6. The molecule has 0 fully saturated rings. The van der Waals surface area contributed by atoms with Gasteiger partial charge in [-0.1, -0.05) is 44.2 Å². The Morgan fingerprint density at radius 3 is 2.44 bits per heavy atom. The lowest BCUT2D eigenvalue weighted by Crippen LogP contribution is -2.31. The number of para-hydroxylation sites is 1. The molecule has 3 heterocycles. The summed E-state index contributed by atoms with van der Waals surface area (Å²) in [5.74, 6) is 1.22. The second kappa shape index (κ2) is 10.5. The Bertz CT molecular complexity index is 2000. The number of rotatable bonds is 6. The predicted molar refractivity (Wildman–Crippen MR) is 158 cm³/mol. The van der Waals surface area contributed by atoms with E-state index in [1.165, 1.54) is 6.33 Å². The van der Waals surface area contributed by atoms with Crippen molar-refractivity contribution in [3.05, 3.63) is 107 Å². The van der Waals surface area contributed by atoms with Crippen LogP contribution in [0.2, 0.25) is 0 Å². The van der Waals surface area contributed by atoms with E-state index >= 15 is 0 Å². The fourth-order valence-corrected chi connectivity index (χ4v) is 4.92. The minimum Gasteiger partial charge on any atom is -0.368 e. The standard InChI is InChI=1S/C31H25N9O/c1-18(2)27(39-28-23-13-19(14-32)11-12-24(23)36-17-37-28)29-38-25-10-6-9-22(20-15-34-31(33)35-16-20)26(25)30(41)40(29)21-7-4-3-5-8-21/h3-13,15-18,27H,1-2H3,(H2,33,34,35)(H,36,37,39). The summed E-state index contributed by atoms with van der Waals surface area (Å²) in [5, 5.41) is 14.2. The van der Waals surface area contributed by atoms with Crippen LogP contribution in [0, 0.1) is 17.2 Å². The van der Waals surface area contributed by atoms with E-state index in [1.807, 2.05) is 48.5 Å². The maximum Gasteiger partial charge on any atom is 0.266 e. The highest BCUT2D eigenvalue weighted by Crippen LogP contribution is 2.32. The minimum absolute atomic E-state index is 0.00726. The fourth-order valence-electron chi connectivity index (χ4n) is 4.92. The summed E-state index contributed by atoms with van der Waals surface area (Å²) in [6, 6.07) is 22.0. The number of hydrogen-bond acceptors (Lipinski definition) is 9. The van der Waals surface area contributed by atoms with Crippen LogP contribution in [-0.2, 0) is 0 Å². The van der Waals surface area contributed by atoms with Gasteiger partial charge in [-0.25, -0.2) is 24.9 Å². The lowest BCUT2D eigenvalue weighted by Gasteiger charge is -2.26. The summed E-state index contributed by atoms with van der Waals surface area (Å²) in [7, 11) is 0. The normalized spacial score (nSPS) is 12.0. The van der Waals surface area contributed by atoms with E-state index in [1.54, 1.807) is 35.2 Å². The molecule has 0 aliphatic rings. The van der Waals surface area contributed by atoms with Gasteiger partial charge in [0.25, 0.3) is 5.56 Å². The van der Waals surface area contributed by atoms with Crippen LogP contribution in [0.15, 0.2) is 90.2 Å². The molecule has 3 N–H and O–H groups in total. The van der Waals surface area contributed by atoms with Crippen molar-refractivity contribution in [2.75, 3.05) is 11.1 Å². The van der Waals surface area contributed by atoms with Gasteiger partial charge in [-0.15, -0.1) is 0 Å². The van der Waals surface area contributed by atoms with Crippen LogP contribution in [0.25, 0.3) is 38.6 Å². The largest absolute Gasteiger partial charge is 0.368 e. The van der Waals surface area contributed by atoms with Gasteiger partial charge in [0.15, 0.2) is 0 Å². The predicted octanol–water partition coefficient (Wildman–Crippen LogP) is 5.05. The zero-order valence-electron chi connectivity index (χ0n) is 22.4. The van der Waals surface area contributed by atoms with Gasteiger partial charge in [0, 0.05) is 23.3 Å². The SMILES string of the molecule is CC(C)C(Nc1ncnc2ccc(C#N)cc12)c1nc2cccc(-c3cnc(N)nc3)c2c(=O)n1-c1ccccc1. The molecular formula is C31H25N9O. The van der Waals surface area contributed by atoms with E-state index < -0.39 is 6.04 Å². The van der Waals surface area contributed by atoms with Gasteiger partial charge >= 0.3 is 0 Å². The molecule has 0 bridgehead atoms. The highest BCUT2D eigenvalue weighted by molar-refractivity contribution is 5.94. The van der Waals surface area contributed by atoms with Crippen molar-refractivity contribution in [1.29, 1.82) is 5.26 Å². The van der Waals surface area contributed by atoms with Gasteiger partial charge in [-0.3, -0.25) is 9.36 Å². The Balaban J connectivity index is 1.60. The molecule has 200 valence electrons. The molecular weight excluding hydrogens is 514 g/mol. The van der Waals surface area contributed by atoms with Crippen LogP contribution in [0.4, 0.5) is 11.8 Å². The second-order valence-electron chi connectivity index (χ2n) is 9.91. The van der Waals surface area contributed by atoms with Crippen LogP contribution in [0.3, 0.4) is 0 Å². The van der Waals surface area contributed by atoms with Crippen molar-refractivity contribution in [3.8, 4) is 22.9 Å². The number of nitriles is 1. The topological polar surface area (TPSA) is 148 Å². The summed E-state index contributed by atoms with van der Waals surface area (Å²) in [5.41, 5.74) is 9.23. The lowest BCUT2D eigenvalue weighted by atomic mass is 10.0. The van der Waals surface area contributed by atoms with Gasteiger partial charge in [-0.05, 0) is 47.9 Å². The summed E-state index contributed by atoms with van der Waals surface area (Å²) in [6.45, 7) is 4.10. The molecule has 1 atom stereocenters. The first-order chi connectivity index (χ1) is 19.9. The molecule has 0 aliphatic heterocycles. The molecule has 3 aromatic heterocycles. The van der Waals surface area contributed by atoms with Crippen molar-refractivity contribution < 1.29 is 0 Å². The highest BCUT2D eigenvalue weighted by Gasteiger charge is 2.26. The molecule has 0 amide bonds. The minimum atomic E-state index is -0.431. The molecule has 6 aromatic rings. The monoisotopic (exact) mass is 539 g/mol. The zero-order chi connectivity index (χ0) is 28.5. The Labute approximate surface area is 235 Å². The molecule has 41 heavy (non-hydrogen) atoms. The first-order valence-electron chi connectivity index (χ1n) is 13.0. The van der Waals surface area contributed by atoms with E-state index in [0.717, 1.165) is 0 Å². The lowest BCUT2D eigenvalue weighted by molar-refractivity contribution is 0.509. The molecule has 0 saturated heterocycles. The summed E-state index contributed by atoms with van der Waals surface area (Å²) >= 11 is 0. The van der Waals surface area contributed by atoms with Crippen LogP contribution in [0.5, 0.6) is 0 Å². The van der Waals surface area contributed by atoms with Crippen molar-refractivity contribution in [2.24, 2.45) is 5.92 Å². The number of nitrogens with zero attached hydrogens (tertiary/aromatic N) is 7. The third-order valence-electron chi connectivity index (χ3n) is 6.92. The number of nitrogen functional groups attached to an aromatic ring is 1. The second-order valence-corrected chi connectivity index (χ2v) is 9.91. The third kappa shape index (κ3) is 4.70. The molecule has 3 aromatic carbocycles. The first-order valence-corrected chi connectivity index (χ1v) is 13.0. The van der Waals surface area contributed by atoms with Gasteiger partial charge in [0.1, 0.15) is 18.0 Å². The average Bonchev–Trinajstić information content (AvgIpc) is 3.00. The van der Waals surface area contributed by atoms with Gasteiger partial charge in [0.2, 0.25) is 5.95 Å². The van der Waals surface area contributed by atoms with E-state index in [-0.39, 0.29) is 17.4 Å². The third-order valence-corrected chi connectivity index (χ3v) is 6.92. The van der Waals surface area contributed by atoms with Crippen molar-refractivity contribution in [3.63, 3.8) is 0 Å². The molecule has 0 radical (unpaired) electrons. The van der Waals surface area contributed by atoms with E-state index in [4.69, 9.17) is 10.7 Å². The van der Waals surface area contributed by atoms with Gasteiger partial charge < -0.3 is 11.1 Å². The smallest absolute Gasteiger partial charge is 0.266 e. The summed E-state index contributed by atoms with van der Waals surface area (Å²) in [6.07, 6.45) is 4.68. The van der Waals surface area contributed by atoms with Crippen LogP contribution in [0.1, 0.15) is 31.3 Å². The Hall–Kier alpha value is -5.69. The molecule has 0 saturated carbocycles. The number of anilines is 2. The number of benzene rings is 3. The van der Waals surface area contributed by atoms with Gasteiger partial charge in [0.05, 0.1) is 39.8 Å². The number of nitrogens with two attached hydrogens (primary N) is 1. The average molecular weight is 540 g/mol. The van der Waals surface area contributed by atoms with Crippen molar-refractivity contribution >= 4 is 33.6 Å². The molecule has 10 nitrogen and oxygen atoms in total. The molecule has 10 heteroatoms. The molecule has 6 rings (SSSR count). The fraction of sp³-hybridized carbons (Fsp3) is 0.129.